The van der Waals surface area contributed by atoms with E-state index in [0.29, 0.717) is 39.3 Å². The number of aliphatic imine (C=N–C) groups is 1. The van der Waals surface area contributed by atoms with Crippen molar-refractivity contribution in [3.63, 3.8) is 0 Å². The molecule has 1 heterocycles. The van der Waals surface area contributed by atoms with Gasteiger partial charge in [-0.15, -0.1) is 0 Å². The molecule has 3 aromatic rings. The van der Waals surface area contributed by atoms with Crippen LogP contribution in [-0.4, -0.2) is 23.9 Å². The molecule has 0 N–H and O–H groups in total. The first-order chi connectivity index (χ1) is 16.8. The van der Waals surface area contributed by atoms with Gasteiger partial charge in [-0.2, -0.15) is 0 Å². The molecule has 0 unspecified atom stereocenters. The predicted molar refractivity (Wildman–Crippen MR) is 143 cm³/mol. The molecular weight excluding hydrogens is 631 g/mol. The summed E-state index contributed by atoms with van der Waals surface area (Å²) in [6.07, 6.45) is 1.57. The molecule has 178 valence electrons. The predicted octanol–water partition coefficient (Wildman–Crippen LogP) is 6.20. The second-order valence-electron chi connectivity index (χ2n) is 7.51. The first kappa shape index (κ1) is 24.9. The van der Waals surface area contributed by atoms with Crippen LogP contribution in [0.15, 0.2) is 69.8 Å². The number of aryl methyl sites for hydroxylation is 1. The van der Waals surface area contributed by atoms with E-state index in [1.165, 1.54) is 19.2 Å². The highest BCUT2D eigenvalue weighted by atomic mass is 127. The molecule has 0 radical (unpaired) electrons. The molecule has 0 fully saturated rings. The van der Waals surface area contributed by atoms with Gasteiger partial charge in [-0.1, -0.05) is 18.2 Å². The van der Waals surface area contributed by atoms with Gasteiger partial charge in [-0.05, 0) is 87.4 Å². The summed E-state index contributed by atoms with van der Waals surface area (Å²) in [7, 11) is 1.54. The summed E-state index contributed by atoms with van der Waals surface area (Å²) in [6, 6.07) is 15.9. The lowest BCUT2D eigenvalue weighted by Crippen LogP contribution is -2.06. The van der Waals surface area contributed by atoms with Crippen LogP contribution in [0.25, 0.3) is 6.08 Å². The third-order valence-corrected chi connectivity index (χ3v) is 6.79. The van der Waals surface area contributed by atoms with Crippen LogP contribution in [0.4, 0.5) is 5.69 Å². The van der Waals surface area contributed by atoms with Crippen LogP contribution in [0.1, 0.15) is 22.3 Å². The summed E-state index contributed by atoms with van der Waals surface area (Å²) >= 11 is 5.79. The van der Waals surface area contributed by atoms with Crippen molar-refractivity contribution in [2.75, 3.05) is 7.11 Å². The largest absolute Gasteiger partial charge is 0.493 e. The fourth-order valence-corrected chi connectivity index (χ4v) is 4.53. The zero-order valence-corrected chi connectivity index (χ0v) is 22.3. The summed E-state index contributed by atoms with van der Waals surface area (Å²) in [4.78, 5) is 27.3. The third kappa shape index (κ3) is 5.54. The van der Waals surface area contributed by atoms with E-state index in [1.54, 1.807) is 31.2 Å². The highest BCUT2D eigenvalue weighted by Gasteiger charge is 2.25. The highest BCUT2D eigenvalue weighted by molar-refractivity contribution is 14.1. The lowest BCUT2D eigenvalue weighted by atomic mass is 10.1. The minimum Gasteiger partial charge on any atom is -0.493 e. The van der Waals surface area contributed by atoms with E-state index < -0.39 is 10.9 Å². The number of nitrogens with zero attached hydrogens (tertiary/aromatic N) is 2. The van der Waals surface area contributed by atoms with Crippen molar-refractivity contribution < 1.29 is 23.9 Å². The Morgan fingerprint density at radius 3 is 2.66 bits per heavy atom. The van der Waals surface area contributed by atoms with Crippen LogP contribution in [0.3, 0.4) is 0 Å². The van der Waals surface area contributed by atoms with Crippen molar-refractivity contribution in [3.05, 3.63) is 101 Å². The molecule has 4 rings (SSSR count). The Balaban J connectivity index is 1.60. The van der Waals surface area contributed by atoms with E-state index in [9.17, 15) is 14.9 Å². The van der Waals surface area contributed by atoms with Crippen molar-refractivity contribution in [1.29, 1.82) is 0 Å². The standard InChI is InChI=1S/C25H18BrIN2O6/c1-14-9-16(7-8-21(14)29(31)32)24-28-20(25(30)35-24)11-15-10-18(26)23(22(12-15)33-2)34-13-17-5-3-4-6-19(17)27/h3-12H,13H2,1-2H3/b20-11-. The zero-order valence-electron chi connectivity index (χ0n) is 18.6. The van der Waals surface area contributed by atoms with Gasteiger partial charge in [-0.3, -0.25) is 10.1 Å². The molecule has 0 amide bonds. The van der Waals surface area contributed by atoms with Gasteiger partial charge in [-0.25, -0.2) is 9.79 Å². The van der Waals surface area contributed by atoms with Crippen molar-refractivity contribution in [2.24, 2.45) is 4.99 Å². The maximum atomic E-state index is 12.4. The molecule has 0 aliphatic carbocycles. The van der Waals surface area contributed by atoms with Crippen LogP contribution in [0, 0.1) is 20.6 Å². The first-order valence-corrected chi connectivity index (χ1v) is 12.2. The summed E-state index contributed by atoms with van der Waals surface area (Å²) in [5.74, 6) is 0.486. The molecule has 10 heteroatoms. The molecule has 0 saturated heterocycles. The van der Waals surface area contributed by atoms with Gasteiger partial charge >= 0.3 is 5.97 Å². The first-order valence-electron chi connectivity index (χ1n) is 10.3. The number of hydrogen-bond acceptors (Lipinski definition) is 7. The Labute approximate surface area is 223 Å². The molecule has 0 aromatic heterocycles. The average molecular weight is 649 g/mol. The monoisotopic (exact) mass is 648 g/mol. The van der Waals surface area contributed by atoms with Gasteiger partial charge in [0.15, 0.2) is 17.2 Å². The molecule has 1 aliphatic heterocycles. The number of carbonyl (C=O) groups excluding carboxylic acids is 1. The Morgan fingerprint density at radius 1 is 1.20 bits per heavy atom. The quantitative estimate of drug-likeness (QED) is 0.0994. The maximum absolute atomic E-state index is 12.4. The van der Waals surface area contributed by atoms with E-state index in [2.05, 4.69) is 43.5 Å². The Morgan fingerprint density at radius 2 is 1.97 bits per heavy atom. The van der Waals surface area contributed by atoms with Crippen molar-refractivity contribution in [3.8, 4) is 11.5 Å². The molecule has 0 bridgehead atoms. The molecule has 0 spiro atoms. The highest BCUT2D eigenvalue weighted by Crippen LogP contribution is 2.38. The molecule has 35 heavy (non-hydrogen) atoms. The van der Waals surface area contributed by atoms with Gasteiger partial charge in [0.1, 0.15) is 6.61 Å². The summed E-state index contributed by atoms with van der Waals surface area (Å²) in [5.41, 5.74) is 2.69. The smallest absolute Gasteiger partial charge is 0.363 e. The number of ether oxygens (including phenoxy) is 3. The molecular formula is C25H18BrIN2O6. The molecule has 3 aromatic carbocycles. The Kier molecular flexibility index (Phi) is 7.51. The fourth-order valence-electron chi connectivity index (χ4n) is 3.41. The van der Waals surface area contributed by atoms with E-state index in [0.717, 1.165) is 9.13 Å². The lowest BCUT2D eigenvalue weighted by Gasteiger charge is -2.14. The minimum absolute atomic E-state index is 0.0179. The van der Waals surface area contributed by atoms with Crippen LogP contribution >= 0.6 is 38.5 Å². The van der Waals surface area contributed by atoms with Gasteiger partial charge in [0.2, 0.25) is 5.90 Å². The fraction of sp³-hybridized carbons (Fsp3) is 0.120. The second kappa shape index (κ2) is 10.6. The zero-order chi connectivity index (χ0) is 25.1. The van der Waals surface area contributed by atoms with Crippen LogP contribution in [-0.2, 0) is 16.1 Å². The number of carbonyl (C=O) groups is 1. The number of nitro groups is 1. The van der Waals surface area contributed by atoms with E-state index in [4.69, 9.17) is 14.2 Å². The molecule has 0 atom stereocenters. The Bertz CT molecular complexity index is 1400. The normalized spacial score (nSPS) is 14.0. The SMILES string of the molecule is COc1cc(/C=C2\N=C(c3ccc([N+](=O)[O-])c(C)c3)OC2=O)cc(Br)c1OCc1ccccc1I. The summed E-state index contributed by atoms with van der Waals surface area (Å²) in [5, 5.41) is 11.1. The lowest BCUT2D eigenvalue weighted by molar-refractivity contribution is -0.385. The number of benzene rings is 3. The third-order valence-electron chi connectivity index (χ3n) is 5.15. The second-order valence-corrected chi connectivity index (χ2v) is 9.53. The van der Waals surface area contributed by atoms with E-state index in [1.807, 2.05) is 24.3 Å². The van der Waals surface area contributed by atoms with Crippen LogP contribution in [0.5, 0.6) is 11.5 Å². The summed E-state index contributed by atoms with van der Waals surface area (Å²) in [6.45, 7) is 1.98. The van der Waals surface area contributed by atoms with E-state index in [-0.39, 0.29) is 17.3 Å². The number of nitro benzene ring substituents is 1. The van der Waals surface area contributed by atoms with Gasteiger partial charge in [0.05, 0.1) is 16.5 Å². The van der Waals surface area contributed by atoms with Crippen LogP contribution in [0.2, 0.25) is 0 Å². The number of halogens is 2. The van der Waals surface area contributed by atoms with Gasteiger partial charge in [0, 0.05) is 26.3 Å². The molecule has 1 aliphatic rings. The van der Waals surface area contributed by atoms with E-state index >= 15 is 0 Å². The molecule has 0 saturated carbocycles. The van der Waals surface area contributed by atoms with Crippen molar-refractivity contribution in [1.82, 2.24) is 0 Å². The van der Waals surface area contributed by atoms with Gasteiger partial charge in [0.25, 0.3) is 5.69 Å². The van der Waals surface area contributed by atoms with Crippen molar-refractivity contribution >= 4 is 62.2 Å². The van der Waals surface area contributed by atoms with Gasteiger partial charge < -0.3 is 14.2 Å². The average Bonchev–Trinajstić information content (AvgIpc) is 3.18. The van der Waals surface area contributed by atoms with Crippen molar-refractivity contribution in [2.45, 2.75) is 13.5 Å². The number of hydrogen-bond donors (Lipinski definition) is 0. The molecule has 8 nitrogen and oxygen atoms in total. The number of esters is 1. The summed E-state index contributed by atoms with van der Waals surface area (Å²) < 4.78 is 18.6. The van der Waals surface area contributed by atoms with Crippen LogP contribution < -0.4 is 9.47 Å². The minimum atomic E-state index is -0.620. The number of cyclic esters (lactones) is 1. The number of rotatable bonds is 7. The number of methoxy groups -OCH3 is 1. The topological polar surface area (TPSA) is 100 Å². The Hall–Kier alpha value is -3.25. The maximum Gasteiger partial charge on any atom is 0.363 e.